The lowest BCUT2D eigenvalue weighted by molar-refractivity contribution is -0.128. The second-order valence-corrected chi connectivity index (χ2v) is 6.59. The van der Waals surface area contributed by atoms with Crippen molar-refractivity contribution in [2.75, 3.05) is 20.6 Å². The molecule has 0 fully saturated rings. The van der Waals surface area contributed by atoms with Gasteiger partial charge in [-0.25, -0.2) is 4.68 Å². The SMILES string of the molecule is CN(C)C(=O)CCCNCc1cn(-c2ccccc2)nc1-c1ccncc1. The van der Waals surface area contributed by atoms with Crippen molar-refractivity contribution in [3.8, 4) is 16.9 Å². The molecule has 2 heterocycles. The molecule has 0 aliphatic carbocycles. The summed E-state index contributed by atoms with van der Waals surface area (Å²) in [7, 11) is 3.57. The molecule has 0 aliphatic rings. The minimum Gasteiger partial charge on any atom is -0.349 e. The van der Waals surface area contributed by atoms with E-state index >= 15 is 0 Å². The van der Waals surface area contributed by atoms with Gasteiger partial charge in [0.15, 0.2) is 0 Å². The zero-order chi connectivity index (χ0) is 19.1. The number of nitrogens with zero attached hydrogens (tertiary/aromatic N) is 4. The lowest BCUT2D eigenvalue weighted by Gasteiger charge is -2.10. The molecule has 3 rings (SSSR count). The molecule has 6 heteroatoms. The van der Waals surface area contributed by atoms with Crippen molar-refractivity contribution >= 4 is 5.91 Å². The number of hydrogen-bond acceptors (Lipinski definition) is 4. The molecule has 3 aromatic rings. The van der Waals surface area contributed by atoms with Gasteiger partial charge in [-0.15, -0.1) is 0 Å². The Hall–Kier alpha value is -2.99. The molecule has 6 nitrogen and oxygen atoms in total. The lowest BCUT2D eigenvalue weighted by Crippen LogP contribution is -2.23. The van der Waals surface area contributed by atoms with E-state index in [0.717, 1.165) is 35.5 Å². The molecule has 2 aromatic heterocycles. The van der Waals surface area contributed by atoms with E-state index in [-0.39, 0.29) is 5.91 Å². The van der Waals surface area contributed by atoms with Crippen LogP contribution in [0.5, 0.6) is 0 Å². The van der Waals surface area contributed by atoms with E-state index in [4.69, 9.17) is 5.10 Å². The quantitative estimate of drug-likeness (QED) is 0.625. The average molecular weight is 363 g/mol. The fraction of sp³-hybridized carbons (Fsp3) is 0.286. The van der Waals surface area contributed by atoms with E-state index in [2.05, 4.69) is 16.5 Å². The van der Waals surface area contributed by atoms with E-state index < -0.39 is 0 Å². The highest BCUT2D eigenvalue weighted by Crippen LogP contribution is 2.23. The van der Waals surface area contributed by atoms with Gasteiger partial charge in [0.2, 0.25) is 5.91 Å². The number of rotatable bonds is 8. The second-order valence-electron chi connectivity index (χ2n) is 6.59. The normalized spacial score (nSPS) is 10.7. The van der Waals surface area contributed by atoms with Gasteiger partial charge in [0.05, 0.1) is 11.4 Å². The third-order valence-corrected chi connectivity index (χ3v) is 4.32. The summed E-state index contributed by atoms with van der Waals surface area (Å²) in [5.74, 6) is 0.158. The minimum atomic E-state index is 0.158. The van der Waals surface area contributed by atoms with Crippen LogP contribution in [-0.4, -0.2) is 46.2 Å². The lowest BCUT2D eigenvalue weighted by atomic mass is 10.1. The van der Waals surface area contributed by atoms with Gasteiger partial charge in [-0.05, 0) is 37.2 Å². The Morgan fingerprint density at radius 3 is 2.56 bits per heavy atom. The van der Waals surface area contributed by atoms with Gasteiger partial charge in [0.1, 0.15) is 0 Å². The number of hydrogen-bond donors (Lipinski definition) is 1. The summed E-state index contributed by atoms with van der Waals surface area (Å²) in [6.07, 6.45) is 6.99. The minimum absolute atomic E-state index is 0.158. The zero-order valence-electron chi connectivity index (χ0n) is 15.8. The Morgan fingerprint density at radius 2 is 1.85 bits per heavy atom. The molecule has 0 spiro atoms. The smallest absolute Gasteiger partial charge is 0.222 e. The molecule has 27 heavy (non-hydrogen) atoms. The Morgan fingerprint density at radius 1 is 1.11 bits per heavy atom. The van der Waals surface area contributed by atoms with Crippen LogP contribution in [0.2, 0.25) is 0 Å². The van der Waals surface area contributed by atoms with Crippen LogP contribution in [0.4, 0.5) is 0 Å². The van der Waals surface area contributed by atoms with Crippen LogP contribution in [-0.2, 0) is 11.3 Å². The number of pyridine rings is 1. The molecular formula is C21H25N5O. The van der Waals surface area contributed by atoms with Crippen molar-refractivity contribution < 1.29 is 4.79 Å². The Labute approximate surface area is 159 Å². The molecule has 1 amide bonds. The van der Waals surface area contributed by atoms with Gasteiger partial charge in [0, 0.05) is 56.8 Å². The van der Waals surface area contributed by atoms with Gasteiger partial charge >= 0.3 is 0 Å². The van der Waals surface area contributed by atoms with Crippen molar-refractivity contribution in [3.05, 3.63) is 66.6 Å². The number of benzene rings is 1. The topological polar surface area (TPSA) is 63.1 Å². The van der Waals surface area contributed by atoms with Crippen LogP contribution in [0.3, 0.4) is 0 Å². The first kappa shape index (κ1) is 18.8. The molecule has 0 aliphatic heterocycles. The zero-order valence-corrected chi connectivity index (χ0v) is 15.8. The van der Waals surface area contributed by atoms with E-state index in [1.807, 2.05) is 47.1 Å². The van der Waals surface area contributed by atoms with E-state index in [1.165, 1.54) is 0 Å². The first-order chi connectivity index (χ1) is 13.1. The summed E-state index contributed by atoms with van der Waals surface area (Å²) in [4.78, 5) is 17.4. The van der Waals surface area contributed by atoms with Gasteiger partial charge in [-0.1, -0.05) is 18.2 Å². The van der Waals surface area contributed by atoms with Crippen LogP contribution in [0.1, 0.15) is 18.4 Å². The van der Waals surface area contributed by atoms with Crippen LogP contribution in [0.15, 0.2) is 61.1 Å². The fourth-order valence-electron chi connectivity index (χ4n) is 2.82. The molecule has 0 bridgehead atoms. The van der Waals surface area contributed by atoms with Crippen molar-refractivity contribution in [3.63, 3.8) is 0 Å². The monoisotopic (exact) mass is 363 g/mol. The summed E-state index contributed by atoms with van der Waals surface area (Å²) in [5.41, 5.74) is 4.12. The Balaban J connectivity index is 1.71. The third kappa shape index (κ3) is 5.01. The van der Waals surface area contributed by atoms with Crippen LogP contribution in [0.25, 0.3) is 16.9 Å². The molecule has 0 radical (unpaired) electrons. The first-order valence-electron chi connectivity index (χ1n) is 9.10. The highest BCUT2D eigenvalue weighted by Gasteiger charge is 2.12. The average Bonchev–Trinajstić information content (AvgIpc) is 3.13. The summed E-state index contributed by atoms with van der Waals surface area (Å²) in [6.45, 7) is 1.48. The van der Waals surface area contributed by atoms with Crippen LogP contribution < -0.4 is 5.32 Å². The van der Waals surface area contributed by atoms with Crippen LogP contribution in [0, 0.1) is 0 Å². The first-order valence-corrected chi connectivity index (χ1v) is 9.10. The van der Waals surface area contributed by atoms with Crippen molar-refractivity contribution in [2.45, 2.75) is 19.4 Å². The largest absolute Gasteiger partial charge is 0.349 e. The molecular weight excluding hydrogens is 338 g/mol. The molecule has 140 valence electrons. The van der Waals surface area contributed by atoms with Gasteiger partial charge in [0.25, 0.3) is 0 Å². The maximum absolute atomic E-state index is 11.7. The maximum atomic E-state index is 11.7. The van der Waals surface area contributed by atoms with Crippen LogP contribution >= 0.6 is 0 Å². The highest BCUT2D eigenvalue weighted by molar-refractivity contribution is 5.75. The summed E-state index contributed by atoms with van der Waals surface area (Å²) >= 11 is 0. The molecule has 0 atom stereocenters. The Bertz CT molecular complexity index is 859. The maximum Gasteiger partial charge on any atom is 0.222 e. The second kappa shape index (κ2) is 9.09. The number of carbonyl (C=O) groups excluding carboxylic acids is 1. The summed E-state index contributed by atoms with van der Waals surface area (Å²) in [6, 6.07) is 14.0. The predicted octanol–water partition coefficient (Wildman–Crippen LogP) is 2.89. The number of aromatic nitrogens is 3. The van der Waals surface area contributed by atoms with E-state index in [9.17, 15) is 4.79 Å². The molecule has 0 unspecified atom stereocenters. The van der Waals surface area contributed by atoms with Crippen molar-refractivity contribution in [2.24, 2.45) is 0 Å². The number of carbonyl (C=O) groups is 1. The number of nitrogens with one attached hydrogen (secondary N) is 1. The molecule has 1 N–H and O–H groups in total. The predicted molar refractivity (Wildman–Crippen MR) is 106 cm³/mol. The summed E-state index contributed by atoms with van der Waals surface area (Å²) in [5, 5.41) is 8.22. The van der Waals surface area contributed by atoms with Crippen molar-refractivity contribution in [1.29, 1.82) is 0 Å². The number of amides is 1. The van der Waals surface area contributed by atoms with E-state index in [1.54, 1.807) is 31.4 Å². The molecule has 1 aromatic carbocycles. The van der Waals surface area contributed by atoms with E-state index in [0.29, 0.717) is 13.0 Å². The molecule has 0 saturated carbocycles. The third-order valence-electron chi connectivity index (χ3n) is 4.32. The molecule has 0 saturated heterocycles. The highest BCUT2D eigenvalue weighted by atomic mass is 16.2. The van der Waals surface area contributed by atoms with Gasteiger partial charge in [-0.2, -0.15) is 5.10 Å². The van der Waals surface area contributed by atoms with Crippen molar-refractivity contribution in [1.82, 2.24) is 25.0 Å². The standard InChI is InChI=1S/C21H25N5O/c1-25(2)20(27)9-6-12-23-15-18-16-26(19-7-4-3-5-8-19)24-21(18)17-10-13-22-14-11-17/h3-5,7-8,10-11,13-14,16,23H,6,9,12,15H2,1-2H3. The summed E-state index contributed by atoms with van der Waals surface area (Å²) < 4.78 is 1.91. The van der Waals surface area contributed by atoms with Gasteiger partial charge in [-0.3, -0.25) is 9.78 Å². The van der Waals surface area contributed by atoms with Gasteiger partial charge < -0.3 is 10.2 Å². The number of para-hydroxylation sites is 1. The Kier molecular flexibility index (Phi) is 6.33. The fourth-order valence-corrected chi connectivity index (χ4v) is 2.82.